The van der Waals surface area contributed by atoms with E-state index in [1.165, 1.54) is 11.3 Å². The number of aryl methyl sites for hydroxylation is 2. The maximum atomic E-state index is 12.2. The number of nitrogens with one attached hydrogen (secondary N) is 1. The van der Waals surface area contributed by atoms with Crippen molar-refractivity contribution in [1.82, 2.24) is 20.2 Å². The largest absolute Gasteiger partial charge is 0.326 e. The first-order valence-electron chi connectivity index (χ1n) is 9.16. The van der Waals surface area contributed by atoms with Gasteiger partial charge in [0.2, 0.25) is 5.91 Å². The molecule has 150 valence electrons. The number of carbonyl (C=O) groups is 3. The average Bonchev–Trinajstić information content (AvgIpc) is 3.33. The topological polar surface area (TPSA) is 107 Å². The van der Waals surface area contributed by atoms with Gasteiger partial charge in [-0.05, 0) is 41.6 Å². The van der Waals surface area contributed by atoms with E-state index < -0.39 is 0 Å². The summed E-state index contributed by atoms with van der Waals surface area (Å²) in [5, 5.41) is 14.1. The monoisotopic (exact) mass is 411 g/mol. The van der Waals surface area contributed by atoms with E-state index in [2.05, 4.69) is 20.8 Å². The molecule has 0 radical (unpaired) electrons. The Labute approximate surface area is 171 Å². The Morgan fingerprint density at radius 3 is 2.55 bits per heavy atom. The zero-order chi connectivity index (χ0) is 20.8. The molecule has 3 rings (SSSR count). The van der Waals surface area contributed by atoms with E-state index in [9.17, 15) is 14.4 Å². The predicted molar refractivity (Wildman–Crippen MR) is 110 cm³/mol. The van der Waals surface area contributed by atoms with Crippen molar-refractivity contribution in [2.24, 2.45) is 7.05 Å². The van der Waals surface area contributed by atoms with Crippen LogP contribution in [0, 0.1) is 6.92 Å². The van der Waals surface area contributed by atoms with Gasteiger partial charge in [0.1, 0.15) is 5.78 Å². The number of carbonyl (C=O) groups excluding carboxylic acids is 3. The minimum absolute atomic E-state index is 0.0315. The van der Waals surface area contributed by atoms with Crippen molar-refractivity contribution < 1.29 is 14.4 Å². The number of aromatic nitrogens is 4. The molecule has 0 saturated carbocycles. The molecule has 0 unspecified atom stereocenters. The SMILES string of the molecule is Cc1ccc(C(=O)CCC(=O)CCC(=O)Nc2cccc(-c3nnnn3C)c2)s1. The Morgan fingerprint density at radius 1 is 1.07 bits per heavy atom. The van der Waals surface area contributed by atoms with Crippen LogP contribution < -0.4 is 5.32 Å². The van der Waals surface area contributed by atoms with E-state index in [0.29, 0.717) is 16.4 Å². The zero-order valence-electron chi connectivity index (χ0n) is 16.2. The average molecular weight is 411 g/mol. The molecule has 1 aromatic carbocycles. The summed E-state index contributed by atoms with van der Waals surface area (Å²) in [6, 6.07) is 10.8. The predicted octanol–water partition coefficient (Wildman–Crippen LogP) is 3.20. The third kappa shape index (κ3) is 5.64. The van der Waals surface area contributed by atoms with E-state index in [4.69, 9.17) is 0 Å². The van der Waals surface area contributed by atoms with E-state index >= 15 is 0 Å². The molecule has 0 saturated heterocycles. The molecule has 1 N–H and O–H groups in total. The number of thiophene rings is 1. The molecule has 0 spiro atoms. The van der Waals surface area contributed by atoms with Gasteiger partial charge in [-0.1, -0.05) is 12.1 Å². The number of hydrogen-bond acceptors (Lipinski definition) is 7. The van der Waals surface area contributed by atoms with Crippen molar-refractivity contribution in [3.8, 4) is 11.4 Å². The summed E-state index contributed by atoms with van der Waals surface area (Å²) < 4.78 is 1.54. The molecule has 0 aliphatic rings. The Kier molecular flexibility index (Phi) is 6.61. The Balaban J connectivity index is 1.45. The van der Waals surface area contributed by atoms with Gasteiger partial charge in [-0.2, -0.15) is 0 Å². The molecule has 2 aromatic heterocycles. The van der Waals surface area contributed by atoms with Gasteiger partial charge in [0.25, 0.3) is 0 Å². The lowest BCUT2D eigenvalue weighted by Gasteiger charge is -2.07. The van der Waals surface area contributed by atoms with Crippen LogP contribution >= 0.6 is 11.3 Å². The third-order valence-electron chi connectivity index (χ3n) is 4.30. The molecule has 3 aromatic rings. The second-order valence-electron chi connectivity index (χ2n) is 6.63. The van der Waals surface area contributed by atoms with Gasteiger partial charge in [0.15, 0.2) is 11.6 Å². The maximum absolute atomic E-state index is 12.2. The fraction of sp³-hybridized carbons (Fsp3) is 0.300. The number of nitrogens with zero attached hydrogens (tertiary/aromatic N) is 4. The number of ketones is 2. The van der Waals surface area contributed by atoms with Crippen LogP contribution in [0.15, 0.2) is 36.4 Å². The molecule has 8 nitrogen and oxygen atoms in total. The highest BCUT2D eigenvalue weighted by atomic mass is 32.1. The van der Waals surface area contributed by atoms with Gasteiger partial charge in [-0.25, -0.2) is 4.68 Å². The Hall–Kier alpha value is -3.20. The van der Waals surface area contributed by atoms with E-state index in [1.807, 2.05) is 19.1 Å². The van der Waals surface area contributed by atoms with Crippen LogP contribution in [0.1, 0.15) is 40.2 Å². The summed E-state index contributed by atoms with van der Waals surface area (Å²) in [5.41, 5.74) is 1.37. The minimum atomic E-state index is -0.258. The number of Topliss-reactive ketones (excluding diaryl/α,β-unsaturated/α-hetero) is 2. The first-order chi connectivity index (χ1) is 13.9. The molecule has 0 aliphatic carbocycles. The van der Waals surface area contributed by atoms with Gasteiger partial charge < -0.3 is 5.32 Å². The fourth-order valence-corrected chi connectivity index (χ4v) is 3.61. The highest BCUT2D eigenvalue weighted by Crippen LogP contribution is 2.20. The summed E-state index contributed by atoms with van der Waals surface area (Å²) >= 11 is 1.43. The van der Waals surface area contributed by atoms with Gasteiger partial charge in [0, 0.05) is 48.9 Å². The fourth-order valence-electron chi connectivity index (χ4n) is 2.77. The summed E-state index contributed by atoms with van der Waals surface area (Å²) in [5.74, 6) is 0.199. The van der Waals surface area contributed by atoms with Crippen LogP contribution in [0.2, 0.25) is 0 Å². The normalized spacial score (nSPS) is 10.7. The minimum Gasteiger partial charge on any atom is -0.326 e. The van der Waals surface area contributed by atoms with Crippen molar-refractivity contribution in [2.75, 3.05) is 5.32 Å². The molecular weight excluding hydrogens is 390 g/mol. The van der Waals surface area contributed by atoms with E-state index in [-0.39, 0.29) is 43.2 Å². The van der Waals surface area contributed by atoms with Gasteiger partial charge in [-0.15, -0.1) is 16.4 Å². The number of tetrazole rings is 1. The van der Waals surface area contributed by atoms with Crippen LogP contribution in [0.5, 0.6) is 0 Å². The Bertz CT molecular complexity index is 1040. The molecule has 29 heavy (non-hydrogen) atoms. The number of amides is 1. The van der Waals surface area contributed by atoms with Crippen molar-refractivity contribution in [1.29, 1.82) is 0 Å². The highest BCUT2D eigenvalue weighted by Gasteiger charge is 2.13. The highest BCUT2D eigenvalue weighted by molar-refractivity contribution is 7.14. The quantitative estimate of drug-likeness (QED) is 0.542. The van der Waals surface area contributed by atoms with Gasteiger partial charge in [-0.3, -0.25) is 14.4 Å². The second kappa shape index (κ2) is 9.33. The summed E-state index contributed by atoms with van der Waals surface area (Å²) in [6.45, 7) is 1.94. The number of hydrogen-bond donors (Lipinski definition) is 1. The van der Waals surface area contributed by atoms with E-state index in [1.54, 1.807) is 36.0 Å². The molecule has 2 heterocycles. The summed E-state index contributed by atoms with van der Waals surface area (Å²) in [6.07, 6.45) is 0.502. The van der Waals surface area contributed by atoms with Crippen LogP contribution in [-0.2, 0) is 16.6 Å². The Morgan fingerprint density at radius 2 is 1.86 bits per heavy atom. The van der Waals surface area contributed by atoms with Crippen LogP contribution in [0.25, 0.3) is 11.4 Å². The van der Waals surface area contributed by atoms with Crippen molar-refractivity contribution >= 4 is 34.5 Å². The molecule has 0 atom stereocenters. The maximum Gasteiger partial charge on any atom is 0.224 e. The first kappa shape index (κ1) is 20.5. The second-order valence-corrected chi connectivity index (χ2v) is 7.92. The smallest absolute Gasteiger partial charge is 0.224 e. The zero-order valence-corrected chi connectivity index (χ0v) is 17.0. The van der Waals surface area contributed by atoms with Crippen LogP contribution in [0.4, 0.5) is 5.69 Å². The summed E-state index contributed by atoms with van der Waals surface area (Å²) in [4.78, 5) is 38.0. The molecular formula is C20H21N5O3S. The molecule has 0 aliphatic heterocycles. The van der Waals surface area contributed by atoms with Crippen molar-refractivity contribution in [3.05, 3.63) is 46.2 Å². The van der Waals surface area contributed by atoms with Gasteiger partial charge in [0.05, 0.1) is 4.88 Å². The third-order valence-corrected chi connectivity index (χ3v) is 5.34. The molecule has 1 amide bonds. The lowest BCUT2D eigenvalue weighted by molar-refractivity contribution is -0.122. The number of anilines is 1. The molecule has 0 bridgehead atoms. The number of benzene rings is 1. The van der Waals surface area contributed by atoms with E-state index in [0.717, 1.165) is 10.4 Å². The van der Waals surface area contributed by atoms with Crippen LogP contribution in [0.3, 0.4) is 0 Å². The first-order valence-corrected chi connectivity index (χ1v) is 9.98. The standard InChI is InChI=1S/C20H21N5O3S/c1-13-6-10-18(29-13)17(27)9-7-16(26)8-11-19(28)21-15-5-3-4-14(12-15)20-22-23-24-25(20)2/h3-6,10,12H,7-9,11H2,1-2H3,(H,21,28). The van der Waals surface area contributed by atoms with Gasteiger partial charge >= 0.3 is 0 Å². The summed E-state index contributed by atoms with van der Waals surface area (Å²) in [7, 11) is 1.73. The lowest BCUT2D eigenvalue weighted by Crippen LogP contribution is -2.14. The molecule has 0 fully saturated rings. The van der Waals surface area contributed by atoms with Crippen molar-refractivity contribution in [3.63, 3.8) is 0 Å². The van der Waals surface area contributed by atoms with Crippen molar-refractivity contribution in [2.45, 2.75) is 32.6 Å². The number of rotatable bonds is 9. The molecule has 9 heteroatoms. The lowest BCUT2D eigenvalue weighted by atomic mass is 10.1. The van der Waals surface area contributed by atoms with Crippen LogP contribution in [-0.4, -0.2) is 37.7 Å².